The van der Waals surface area contributed by atoms with E-state index in [9.17, 15) is 0 Å². The molecule has 63 valence electrons. The number of hydrogen-bond donors (Lipinski definition) is 0. The molecule has 7 heteroatoms. The molecule has 0 N–H and O–H groups in total. The predicted octanol–water partition coefficient (Wildman–Crippen LogP) is 1.40. The minimum absolute atomic E-state index is 1.60. The summed E-state index contributed by atoms with van der Waals surface area (Å²) in [4.78, 5) is 23.2. The van der Waals surface area contributed by atoms with E-state index in [1.54, 1.807) is 0 Å². The van der Waals surface area contributed by atoms with Crippen LogP contribution < -0.4 is 0 Å². The average molecular weight is 334 g/mol. The van der Waals surface area contributed by atoms with Crippen LogP contribution in [0.2, 0.25) is 0 Å². The summed E-state index contributed by atoms with van der Waals surface area (Å²) in [5.41, 5.74) is 0. The monoisotopic (exact) mass is 334 g/mol. The fraction of sp³-hybridized carbons (Fsp3) is 0. The van der Waals surface area contributed by atoms with E-state index in [0.717, 1.165) is 0 Å². The summed E-state index contributed by atoms with van der Waals surface area (Å²) < 4.78 is 0. The molecule has 0 aliphatic heterocycles. The van der Waals surface area contributed by atoms with Gasteiger partial charge < -0.3 is 14.4 Å². The van der Waals surface area contributed by atoms with Gasteiger partial charge in [-0.2, -0.15) is 0 Å². The van der Waals surface area contributed by atoms with E-state index in [1.807, 2.05) is 0 Å². The van der Waals surface area contributed by atoms with E-state index < -0.39 is 13.2 Å². The van der Waals surface area contributed by atoms with Crippen molar-refractivity contribution in [1.29, 1.82) is 0 Å². The van der Waals surface area contributed by atoms with Crippen LogP contribution in [0.25, 0.3) is 0 Å². The molecular weight excluding hydrogens is 331 g/mol. The first-order chi connectivity index (χ1) is 4.73. The van der Waals surface area contributed by atoms with Crippen molar-refractivity contribution in [2.24, 2.45) is 0 Å². The first-order valence-electron chi connectivity index (χ1n) is 1.17. The molecule has 0 aromatic heterocycles. The average Bonchev–Trinajstić information content (AvgIpc) is 1.98. The zero-order valence-corrected chi connectivity index (χ0v) is 9.60. The third-order valence-corrected chi connectivity index (χ3v) is 0. The van der Waals surface area contributed by atoms with E-state index >= 15 is 0 Å². The number of halogens is 3. The maximum atomic E-state index is 7.75. The molecule has 0 aromatic carbocycles. The van der Waals surface area contributed by atoms with Crippen LogP contribution in [0.1, 0.15) is 0 Å². The van der Waals surface area contributed by atoms with Crippen molar-refractivity contribution in [3.05, 3.63) is 0 Å². The van der Waals surface area contributed by atoms with Crippen LogP contribution >= 0.6 is 32.1 Å². The maximum absolute atomic E-state index is 7.75. The summed E-state index contributed by atoms with van der Waals surface area (Å²) in [6, 6.07) is 0. The van der Waals surface area contributed by atoms with Crippen LogP contribution in [0.3, 0.4) is 0 Å². The standard InChI is InChI=1S/3CHO.BrH.2ClH.Mo/c3*1-2;;;;/h3*1H;3*1H;/q3*-1;;;;+3/p-3. The van der Waals surface area contributed by atoms with Crippen molar-refractivity contribution in [1.82, 2.24) is 0 Å². The zero-order chi connectivity index (χ0) is 9.58. The number of rotatable bonds is 0. The summed E-state index contributed by atoms with van der Waals surface area (Å²) in [6.45, 7) is 9.75. The second-order valence-electron chi connectivity index (χ2n) is 0.175. The van der Waals surface area contributed by atoms with Crippen LogP contribution in [-0.2, 0) is 27.6 Å². The summed E-state index contributed by atoms with van der Waals surface area (Å²) in [6.07, 6.45) is 0. The molecule has 0 rings (SSSR count). The van der Waals surface area contributed by atoms with Crippen LogP contribution in [0.4, 0.5) is 0 Å². The van der Waals surface area contributed by atoms with Crippen LogP contribution in [0.5, 0.6) is 0 Å². The molecule has 3 nitrogen and oxygen atoms in total. The van der Waals surface area contributed by atoms with Gasteiger partial charge in [0.1, 0.15) is 0 Å². The van der Waals surface area contributed by atoms with Crippen LogP contribution in [0, 0.1) is 0 Å². The Labute approximate surface area is 79.6 Å². The summed E-state index contributed by atoms with van der Waals surface area (Å²) in [7, 11) is 10.3. The van der Waals surface area contributed by atoms with Crippen LogP contribution in [-0.4, -0.2) is 20.4 Å². The molecule has 0 aromatic rings. The number of hydrogen-bond acceptors (Lipinski definition) is 3. The molecule has 0 aliphatic carbocycles. The molecule has 0 aliphatic rings. The Bertz CT molecular complexity index is 43.2. The summed E-state index contributed by atoms with van der Waals surface area (Å²) in [5, 5.41) is 0. The van der Waals surface area contributed by atoms with Gasteiger partial charge in [-0.05, 0) is 0 Å². The Hall–Kier alpha value is 0.758. The van der Waals surface area contributed by atoms with Gasteiger partial charge in [0.15, 0.2) is 0 Å². The third kappa shape index (κ3) is 917. The topological polar surface area (TPSA) is 51.2 Å². The summed E-state index contributed by atoms with van der Waals surface area (Å²) in [5.74, 6) is 0. The van der Waals surface area contributed by atoms with Gasteiger partial charge in [-0.25, -0.2) is 0 Å². The molecule has 0 saturated carbocycles. The second kappa shape index (κ2) is 53.0. The normalized spacial score (nSPS) is 4.80. The second-order valence-corrected chi connectivity index (χ2v) is 13.9. The van der Waals surface area contributed by atoms with E-state index in [2.05, 4.69) is 33.7 Å². The first kappa shape index (κ1) is 22.4. The number of carbonyl (C=O) groups excluding carboxylic acids is 3. The molecule has 0 fully saturated rings. The van der Waals surface area contributed by atoms with Crippen molar-refractivity contribution in [3.8, 4) is 0 Å². The van der Waals surface area contributed by atoms with Gasteiger partial charge in [0.2, 0.25) is 0 Å². The van der Waals surface area contributed by atoms with Gasteiger partial charge in [-0.3, -0.25) is 20.4 Å². The molecule has 0 atom stereocenters. The van der Waals surface area contributed by atoms with E-state index in [4.69, 9.17) is 33.2 Å². The zero-order valence-electron chi connectivity index (χ0n) is 4.50. The molecule has 0 radical (unpaired) electrons. The molecule has 0 amide bonds. The van der Waals surface area contributed by atoms with Crippen molar-refractivity contribution < 1.29 is 27.6 Å². The SMILES string of the molecule is [CH-]=O.[CH-]=O.[CH-]=O.[Cl][Mo]([Cl])[Br]. The van der Waals surface area contributed by atoms with Gasteiger partial charge >= 0.3 is 45.3 Å². The van der Waals surface area contributed by atoms with E-state index in [0.29, 0.717) is 0 Å². The van der Waals surface area contributed by atoms with E-state index in [1.165, 1.54) is 0 Å². The Balaban J connectivity index is -0.0000000262. The van der Waals surface area contributed by atoms with Crippen molar-refractivity contribution in [2.45, 2.75) is 0 Å². The molecule has 0 unspecified atom stereocenters. The third-order valence-electron chi connectivity index (χ3n) is 0. The van der Waals surface area contributed by atoms with Crippen molar-refractivity contribution in [3.63, 3.8) is 0 Å². The quantitative estimate of drug-likeness (QED) is 0.382. The van der Waals surface area contributed by atoms with E-state index in [-0.39, 0.29) is 0 Å². The van der Waals surface area contributed by atoms with Gasteiger partial charge in [-0.1, -0.05) is 0 Å². The van der Waals surface area contributed by atoms with Crippen molar-refractivity contribution >= 4 is 52.5 Å². The summed E-state index contributed by atoms with van der Waals surface area (Å²) >= 11 is 1.37. The first-order valence-corrected chi connectivity index (χ1v) is 10.9. The van der Waals surface area contributed by atoms with Crippen LogP contribution in [0.15, 0.2) is 0 Å². The Kier molecular flexibility index (Phi) is 119. The van der Waals surface area contributed by atoms with Crippen molar-refractivity contribution in [2.75, 3.05) is 0 Å². The fourth-order valence-corrected chi connectivity index (χ4v) is 0. The molecule has 0 bridgehead atoms. The minimum atomic E-state index is -1.60. The molecule has 0 saturated heterocycles. The Morgan fingerprint density at radius 1 is 0.900 bits per heavy atom. The molecular formula is C3H3BrCl2MoO3-3. The molecule has 0 heterocycles. The Morgan fingerprint density at radius 2 is 0.900 bits per heavy atom. The van der Waals surface area contributed by atoms with Gasteiger partial charge in [0, 0.05) is 0 Å². The molecule has 0 spiro atoms. The fourth-order valence-electron chi connectivity index (χ4n) is 0. The van der Waals surface area contributed by atoms with Gasteiger partial charge in [0.05, 0.1) is 0 Å². The molecule has 10 heavy (non-hydrogen) atoms. The predicted molar refractivity (Wildman–Crippen MR) is 40.9 cm³/mol. The Morgan fingerprint density at radius 3 is 0.900 bits per heavy atom. The van der Waals surface area contributed by atoms with Gasteiger partial charge in [-0.15, -0.1) is 0 Å². The van der Waals surface area contributed by atoms with Gasteiger partial charge in [0.25, 0.3) is 0 Å².